The average molecular weight is 308 g/mol. The molecule has 1 aromatic carbocycles. The predicted octanol–water partition coefficient (Wildman–Crippen LogP) is 1.66. The lowest BCUT2D eigenvalue weighted by atomic mass is 10.1. The summed E-state index contributed by atoms with van der Waals surface area (Å²) < 4.78 is 5.65. The molecule has 0 fully saturated rings. The number of thiazole rings is 1. The lowest BCUT2D eigenvalue weighted by molar-refractivity contribution is -0.00214. The van der Waals surface area contributed by atoms with Gasteiger partial charge in [-0.2, -0.15) is 0 Å². The molecule has 114 valence electrons. The van der Waals surface area contributed by atoms with E-state index in [0.717, 1.165) is 22.6 Å². The highest BCUT2D eigenvalue weighted by Crippen LogP contribution is 2.15. The Morgan fingerprint density at radius 2 is 2.14 bits per heavy atom. The van der Waals surface area contributed by atoms with Crippen LogP contribution < -0.4 is 10.2 Å². The van der Waals surface area contributed by atoms with Crippen LogP contribution in [-0.2, 0) is 11.3 Å². The van der Waals surface area contributed by atoms with Crippen LogP contribution in [0.25, 0.3) is 0 Å². The molecule has 6 heteroatoms. The Labute approximate surface area is 127 Å². The van der Waals surface area contributed by atoms with Gasteiger partial charge in [0, 0.05) is 24.2 Å². The van der Waals surface area contributed by atoms with Crippen LogP contribution >= 0.6 is 11.3 Å². The van der Waals surface area contributed by atoms with Gasteiger partial charge in [0.2, 0.25) is 0 Å². The number of nitrogens with one attached hydrogen (secondary N) is 2. The first-order valence-electron chi connectivity index (χ1n) is 6.87. The first-order valence-corrected chi connectivity index (χ1v) is 7.75. The van der Waals surface area contributed by atoms with Crippen LogP contribution in [0.4, 0.5) is 0 Å². The second-order valence-electron chi connectivity index (χ2n) is 4.84. The molecule has 0 saturated heterocycles. The summed E-state index contributed by atoms with van der Waals surface area (Å²) in [5.74, 6) is 0. The maximum Gasteiger partial charge on any atom is 0.304 e. The number of aromatic nitrogens is 1. The summed E-state index contributed by atoms with van der Waals surface area (Å²) >= 11 is 1.14. The summed E-state index contributed by atoms with van der Waals surface area (Å²) in [6.45, 7) is 3.18. The number of ether oxygens (including phenoxy) is 1. The van der Waals surface area contributed by atoms with Crippen LogP contribution in [0.2, 0.25) is 0 Å². The van der Waals surface area contributed by atoms with Crippen LogP contribution in [0.15, 0.2) is 40.5 Å². The van der Waals surface area contributed by atoms with E-state index in [9.17, 15) is 9.90 Å². The molecule has 0 radical (unpaired) electrons. The Balaban J connectivity index is 1.65. The quantitative estimate of drug-likeness (QED) is 0.693. The van der Waals surface area contributed by atoms with E-state index in [-0.39, 0.29) is 17.6 Å². The molecule has 0 aliphatic carbocycles. The van der Waals surface area contributed by atoms with Crippen molar-refractivity contribution in [2.24, 2.45) is 0 Å². The summed E-state index contributed by atoms with van der Waals surface area (Å²) in [5.41, 5.74) is 1.92. The molecule has 0 aliphatic heterocycles. The fourth-order valence-corrected chi connectivity index (χ4v) is 2.49. The lowest BCUT2D eigenvalue weighted by Crippen LogP contribution is -2.30. The van der Waals surface area contributed by atoms with Crippen molar-refractivity contribution in [2.75, 3.05) is 13.2 Å². The number of aromatic amines is 1. The Bertz CT molecular complexity index is 582. The van der Waals surface area contributed by atoms with Crippen LogP contribution in [0.3, 0.4) is 0 Å². The summed E-state index contributed by atoms with van der Waals surface area (Å²) in [5, 5.41) is 14.7. The van der Waals surface area contributed by atoms with E-state index in [1.807, 2.05) is 37.3 Å². The van der Waals surface area contributed by atoms with Crippen LogP contribution in [-0.4, -0.2) is 29.3 Å². The van der Waals surface area contributed by atoms with Gasteiger partial charge in [0.05, 0.1) is 18.8 Å². The third kappa shape index (κ3) is 5.43. The minimum atomic E-state index is -0.582. The topological polar surface area (TPSA) is 74.3 Å². The molecule has 1 aromatic heterocycles. The van der Waals surface area contributed by atoms with E-state index >= 15 is 0 Å². The molecule has 2 aromatic rings. The Morgan fingerprint density at radius 3 is 2.81 bits per heavy atom. The number of H-pyrrole nitrogens is 1. The van der Waals surface area contributed by atoms with Gasteiger partial charge in [-0.1, -0.05) is 41.7 Å². The third-order valence-corrected chi connectivity index (χ3v) is 3.79. The van der Waals surface area contributed by atoms with Crippen molar-refractivity contribution in [2.45, 2.75) is 25.7 Å². The first kappa shape index (κ1) is 15.9. The standard InChI is InChI=1S/C15H20N2O3S/c1-11(12-5-3-2-4-6-12)20-9-14(18)8-16-7-13-10-21-15(19)17-13/h2-6,10-11,14,16,18H,7-9H2,1H3,(H,17,19). The van der Waals surface area contributed by atoms with Crippen LogP contribution in [0.1, 0.15) is 24.3 Å². The zero-order chi connectivity index (χ0) is 15.1. The van der Waals surface area contributed by atoms with Crippen LogP contribution in [0.5, 0.6) is 0 Å². The Hall–Kier alpha value is -1.47. The summed E-state index contributed by atoms with van der Waals surface area (Å²) in [7, 11) is 0. The predicted molar refractivity (Wildman–Crippen MR) is 83.5 cm³/mol. The van der Waals surface area contributed by atoms with Gasteiger partial charge in [-0.15, -0.1) is 0 Å². The van der Waals surface area contributed by atoms with Gasteiger partial charge in [0.25, 0.3) is 0 Å². The molecule has 3 N–H and O–H groups in total. The van der Waals surface area contributed by atoms with Crippen molar-refractivity contribution < 1.29 is 9.84 Å². The highest BCUT2D eigenvalue weighted by molar-refractivity contribution is 7.07. The molecule has 0 bridgehead atoms. The maximum atomic E-state index is 11.0. The molecule has 2 rings (SSSR count). The molecule has 0 saturated carbocycles. The number of aliphatic hydroxyl groups is 1. The van der Waals surface area contributed by atoms with Crippen molar-refractivity contribution in [1.29, 1.82) is 0 Å². The molecule has 0 spiro atoms. The fraction of sp³-hybridized carbons (Fsp3) is 0.400. The van der Waals surface area contributed by atoms with Crippen molar-refractivity contribution in [3.05, 3.63) is 56.6 Å². The van der Waals surface area contributed by atoms with Gasteiger partial charge in [-0.05, 0) is 12.5 Å². The van der Waals surface area contributed by atoms with Gasteiger partial charge < -0.3 is 20.1 Å². The molecule has 5 nitrogen and oxygen atoms in total. The summed E-state index contributed by atoms with van der Waals surface area (Å²) in [6.07, 6.45) is -0.629. The average Bonchev–Trinajstić information content (AvgIpc) is 2.91. The van der Waals surface area contributed by atoms with E-state index in [4.69, 9.17) is 4.74 Å². The SMILES string of the molecule is CC(OCC(O)CNCc1csc(=O)[nH]1)c1ccccc1. The minimum Gasteiger partial charge on any atom is -0.389 e. The zero-order valence-corrected chi connectivity index (χ0v) is 12.7. The molecule has 1 heterocycles. The van der Waals surface area contributed by atoms with Gasteiger partial charge in [0.1, 0.15) is 0 Å². The fourth-order valence-electron chi connectivity index (χ4n) is 1.91. The molecule has 2 atom stereocenters. The third-order valence-electron chi connectivity index (χ3n) is 3.07. The molecule has 0 amide bonds. The monoisotopic (exact) mass is 308 g/mol. The molecule has 21 heavy (non-hydrogen) atoms. The normalized spacial score (nSPS) is 14.0. The van der Waals surface area contributed by atoms with Gasteiger partial charge in [-0.3, -0.25) is 4.79 Å². The summed E-state index contributed by atoms with van der Waals surface area (Å²) in [6, 6.07) is 9.90. The second-order valence-corrected chi connectivity index (χ2v) is 5.69. The Morgan fingerprint density at radius 1 is 1.38 bits per heavy atom. The molecule has 2 unspecified atom stereocenters. The van der Waals surface area contributed by atoms with Gasteiger partial charge in [0.15, 0.2) is 0 Å². The van der Waals surface area contributed by atoms with Crippen LogP contribution in [0, 0.1) is 0 Å². The number of rotatable bonds is 8. The van der Waals surface area contributed by atoms with E-state index in [2.05, 4.69) is 10.3 Å². The van der Waals surface area contributed by atoms with Crippen molar-refractivity contribution in [3.63, 3.8) is 0 Å². The first-order chi connectivity index (χ1) is 10.1. The van der Waals surface area contributed by atoms with E-state index in [0.29, 0.717) is 13.1 Å². The van der Waals surface area contributed by atoms with E-state index in [1.165, 1.54) is 0 Å². The van der Waals surface area contributed by atoms with Crippen molar-refractivity contribution in [1.82, 2.24) is 10.3 Å². The van der Waals surface area contributed by atoms with Gasteiger partial charge >= 0.3 is 4.87 Å². The van der Waals surface area contributed by atoms with E-state index in [1.54, 1.807) is 5.38 Å². The smallest absolute Gasteiger partial charge is 0.304 e. The molecule has 0 aliphatic rings. The largest absolute Gasteiger partial charge is 0.389 e. The number of hydrogen-bond acceptors (Lipinski definition) is 5. The van der Waals surface area contributed by atoms with E-state index < -0.39 is 6.10 Å². The van der Waals surface area contributed by atoms with Gasteiger partial charge in [-0.25, -0.2) is 0 Å². The minimum absolute atomic E-state index is 0.0471. The highest BCUT2D eigenvalue weighted by atomic mass is 32.1. The zero-order valence-electron chi connectivity index (χ0n) is 11.9. The number of benzene rings is 1. The number of hydrogen-bond donors (Lipinski definition) is 3. The highest BCUT2D eigenvalue weighted by Gasteiger charge is 2.09. The molecular weight excluding hydrogens is 288 g/mol. The second kappa shape index (κ2) is 8.09. The number of aliphatic hydroxyl groups excluding tert-OH is 1. The Kier molecular flexibility index (Phi) is 6.13. The van der Waals surface area contributed by atoms with Crippen molar-refractivity contribution in [3.8, 4) is 0 Å². The van der Waals surface area contributed by atoms with Crippen molar-refractivity contribution >= 4 is 11.3 Å². The lowest BCUT2D eigenvalue weighted by Gasteiger charge is -2.17. The maximum absolute atomic E-state index is 11.0. The molecular formula is C15H20N2O3S. The summed E-state index contributed by atoms with van der Waals surface area (Å²) in [4.78, 5) is 13.6.